The van der Waals surface area contributed by atoms with E-state index in [9.17, 15) is 9.90 Å². The number of rotatable bonds is 6. The lowest BCUT2D eigenvalue weighted by atomic mass is 9.89. The van der Waals surface area contributed by atoms with Crippen molar-refractivity contribution in [2.45, 2.75) is 58.0 Å². The van der Waals surface area contributed by atoms with Crippen LogP contribution in [-0.4, -0.2) is 53.1 Å². The summed E-state index contributed by atoms with van der Waals surface area (Å²) in [7, 11) is 0. The first-order valence-corrected chi connectivity index (χ1v) is 11.3. The minimum Gasteiger partial charge on any atom is -0.393 e. The van der Waals surface area contributed by atoms with E-state index in [0.29, 0.717) is 18.8 Å². The maximum Gasteiger partial charge on any atom is 0.222 e. The molecule has 1 fully saturated rings. The highest BCUT2D eigenvalue weighted by atomic mass is 16.3. The lowest BCUT2D eigenvalue weighted by molar-refractivity contribution is -0.132. The zero-order chi connectivity index (χ0) is 20.2. The van der Waals surface area contributed by atoms with Gasteiger partial charge in [0.1, 0.15) is 0 Å². The zero-order valence-electron chi connectivity index (χ0n) is 17.6. The number of nitrogens with zero attached hydrogens (tertiary/aromatic N) is 2. The van der Waals surface area contributed by atoms with Crippen molar-refractivity contribution >= 4 is 5.91 Å². The van der Waals surface area contributed by atoms with Crippen LogP contribution < -0.4 is 0 Å². The molecule has 4 heteroatoms. The second-order valence-corrected chi connectivity index (χ2v) is 8.84. The van der Waals surface area contributed by atoms with Gasteiger partial charge in [-0.3, -0.25) is 4.79 Å². The van der Waals surface area contributed by atoms with Crippen LogP contribution in [0.25, 0.3) is 0 Å². The van der Waals surface area contributed by atoms with Gasteiger partial charge in [0.2, 0.25) is 5.91 Å². The van der Waals surface area contributed by atoms with Gasteiger partial charge in [-0.05, 0) is 73.3 Å². The van der Waals surface area contributed by atoms with Crippen molar-refractivity contribution in [1.82, 2.24) is 9.80 Å². The van der Waals surface area contributed by atoms with Crippen LogP contribution in [0.5, 0.6) is 0 Å². The third-order valence-corrected chi connectivity index (χ3v) is 6.72. The van der Waals surface area contributed by atoms with E-state index in [1.54, 1.807) is 0 Å². The molecule has 1 aromatic carbocycles. The summed E-state index contributed by atoms with van der Waals surface area (Å²) in [4.78, 5) is 16.5. The Kier molecular flexibility index (Phi) is 6.39. The molecule has 1 aromatic rings. The van der Waals surface area contributed by atoms with Crippen LogP contribution in [0.3, 0.4) is 0 Å². The number of fused-ring (bicyclic) bond motifs is 1. The summed E-state index contributed by atoms with van der Waals surface area (Å²) in [5.41, 5.74) is 5.50. The molecule has 4 nitrogen and oxygen atoms in total. The molecule has 1 saturated heterocycles. The largest absolute Gasteiger partial charge is 0.393 e. The lowest BCUT2D eigenvalue weighted by Gasteiger charge is -2.33. The number of carbonyl (C=O) groups excluding carboxylic acids is 1. The maximum absolute atomic E-state index is 12.0. The predicted octanol–water partition coefficient (Wildman–Crippen LogP) is 3.48. The van der Waals surface area contributed by atoms with E-state index < -0.39 is 0 Å². The normalized spacial score (nSPS) is 22.4. The van der Waals surface area contributed by atoms with E-state index >= 15 is 0 Å². The van der Waals surface area contributed by atoms with Crippen molar-refractivity contribution < 1.29 is 9.90 Å². The molecule has 0 bridgehead atoms. The van der Waals surface area contributed by atoms with Crippen LogP contribution in [0.1, 0.15) is 49.3 Å². The highest BCUT2D eigenvalue weighted by molar-refractivity contribution is 5.75. The highest BCUT2D eigenvalue weighted by Crippen LogP contribution is 2.25. The molecule has 0 aromatic heterocycles. The Hall–Kier alpha value is -2.07. The first-order valence-electron chi connectivity index (χ1n) is 11.3. The van der Waals surface area contributed by atoms with Gasteiger partial charge in [0.25, 0.3) is 0 Å². The first kappa shape index (κ1) is 20.2. The highest BCUT2D eigenvalue weighted by Gasteiger charge is 2.25. The van der Waals surface area contributed by atoms with Crippen LogP contribution in [0.15, 0.2) is 42.1 Å². The van der Waals surface area contributed by atoms with E-state index in [4.69, 9.17) is 0 Å². The minimum absolute atomic E-state index is 0.247. The Morgan fingerprint density at radius 2 is 2.00 bits per heavy atom. The topological polar surface area (TPSA) is 43.8 Å². The summed E-state index contributed by atoms with van der Waals surface area (Å²) < 4.78 is 0. The van der Waals surface area contributed by atoms with Gasteiger partial charge in [-0.1, -0.05) is 31.2 Å². The van der Waals surface area contributed by atoms with Gasteiger partial charge in [0, 0.05) is 38.3 Å². The fourth-order valence-corrected chi connectivity index (χ4v) is 5.00. The molecule has 1 unspecified atom stereocenters. The maximum atomic E-state index is 12.0. The van der Waals surface area contributed by atoms with Crippen molar-refractivity contribution in [3.63, 3.8) is 0 Å². The van der Waals surface area contributed by atoms with Crippen LogP contribution >= 0.6 is 0 Å². The van der Waals surface area contributed by atoms with Crippen LogP contribution in [0, 0.1) is 5.92 Å². The molecule has 156 valence electrons. The number of aliphatic hydroxyl groups excluding tert-OH is 1. The molecule has 0 radical (unpaired) electrons. The average molecular weight is 395 g/mol. The molecule has 29 heavy (non-hydrogen) atoms. The monoisotopic (exact) mass is 394 g/mol. The predicted molar refractivity (Wildman–Crippen MR) is 117 cm³/mol. The third-order valence-electron chi connectivity index (χ3n) is 6.72. The van der Waals surface area contributed by atoms with Gasteiger partial charge in [-0.2, -0.15) is 0 Å². The molecule has 1 aliphatic carbocycles. The van der Waals surface area contributed by atoms with E-state index in [1.807, 2.05) is 11.8 Å². The summed E-state index contributed by atoms with van der Waals surface area (Å²) in [6.07, 6.45) is 12.6. The van der Waals surface area contributed by atoms with Crippen molar-refractivity contribution in [2.24, 2.45) is 5.92 Å². The standard InChI is InChI=1S/C25H34N2O2/c1-2-25(29)27-12-4-5-20(18-27)17-24(28)16-19-8-9-21-10-13-26(23-6-3-7-23)14-11-22(21)15-19/h3,6-9,15,20,24,28H,2,4-5,10-14,16-18H2,1H3/t20-,24?/m1/s1. The molecule has 3 aliphatic rings. The number of hydrogen-bond acceptors (Lipinski definition) is 3. The number of likely N-dealkylation sites (tertiary alicyclic amines) is 1. The molecule has 2 heterocycles. The summed E-state index contributed by atoms with van der Waals surface area (Å²) >= 11 is 0. The minimum atomic E-state index is -0.331. The lowest BCUT2D eigenvalue weighted by Crippen LogP contribution is -2.40. The summed E-state index contributed by atoms with van der Waals surface area (Å²) in [5, 5.41) is 10.7. The van der Waals surface area contributed by atoms with Crippen LogP contribution in [-0.2, 0) is 24.1 Å². The number of carbonyl (C=O) groups is 1. The molecular weight excluding hydrogens is 360 g/mol. The van der Waals surface area contributed by atoms with Crippen LogP contribution in [0.4, 0.5) is 0 Å². The van der Waals surface area contributed by atoms with Gasteiger partial charge in [-0.15, -0.1) is 0 Å². The van der Waals surface area contributed by atoms with Gasteiger partial charge >= 0.3 is 0 Å². The molecule has 0 spiro atoms. The summed E-state index contributed by atoms with van der Waals surface area (Å²) in [5.74, 6) is 0.671. The van der Waals surface area contributed by atoms with Crippen molar-refractivity contribution in [3.8, 4) is 0 Å². The second kappa shape index (κ2) is 9.17. The number of amides is 1. The Bertz CT molecular complexity index is 798. The third kappa shape index (κ3) is 4.92. The van der Waals surface area contributed by atoms with Gasteiger partial charge in [-0.25, -0.2) is 0 Å². The molecule has 4 rings (SSSR count). The number of hydrogen-bond donors (Lipinski definition) is 1. The van der Waals surface area contributed by atoms with E-state index in [0.717, 1.165) is 58.3 Å². The molecule has 1 amide bonds. The average Bonchev–Trinajstić information content (AvgIpc) is 2.88. The van der Waals surface area contributed by atoms with E-state index in [-0.39, 0.29) is 12.0 Å². The summed E-state index contributed by atoms with van der Waals surface area (Å²) in [6.45, 7) is 5.78. The molecule has 2 aliphatic heterocycles. The smallest absolute Gasteiger partial charge is 0.222 e. The quantitative estimate of drug-likeness (QED) is 0.803. The zero-order valence-corrected chi connectivity index (χ0v) is 17.6. The Morgan fingerprint density at radius 1 is 1.21 bits per heavy atom. The van der Waals surface area contributed by atoms with Crippen molar-refractivity contribution in [3.05, 3.63) is 58.8 Å². The van der Waals surface area contributed by atoms with Crippen LogP contribution in [0.2, 0.25) is 0 Å². The Balaban J connectivity index is 1.32. The Labute approximate surface area is 174 Å². The summed E-state index contributed by atoms with van der Waals surface area (Å²) in [6, 6.07) is 6.79. The van der Waals surface area contributed by atoms with Crippen molar-refractivity contribution in [2.75, 3.05) is 26.2 Å². The number of allylic oxidation sites excluding steroid dienone is 3. The second-order valence-electron chi connectivity index (χ2n) is 8.84. The number of aliphatic hydroxyl groups is 1. The molecule has 2 atom stereocenters. The van der Waals surface area contributed by atoms with Crippen molar-refractivity contribution in [1.29, 1.82) is 0 Å². The molecule has 1 N–H and O–H groups in total. The van der Waals surface area contributed by atoms with E-state index in [1.165, 1.54) is 22.4 Å². The fourth-order valence-electron chi connectivity index (χ4n) is 5.00. The van der Waals surface area contributed by atoms with Gasteiger partial charge in [0.05, 0.1) is 6.10 Å². The first-order chi connectivity index (χ1) is 14.1. The Morgan fingerprint density at radius 3 is 2.72 bits per heavy atom. The van der Waals surface area contributed by atoms with E-state index in [2.05, 4.69) is 41.3 Å². The molecular formula is C25H34N2O2. The molecule has 0 saturated carbocycles. The van der Waals surface area contributed by atoms with Gasteiger partial charge in [0.15, 0.2) is 0 Å². The number of benzene rings is 1. The number of piperidine rings is 1. The van der Waals surface area contributed by atoms with Gasteiger partial charge < -0.3 is 14.9 Å². The fraction of sp³-hybridized carbons (Fsp3) is 0.560. The SMILES string of the molecule is CCC(=O)N1CCC[C@H](CC(O)Cc2ccc3c(c2)CCN(C2=CC=C2)CC3)C1.